The van der Waals surface area contributed by atoms with Gasteiger partial charge in [0.2, 0.25) is 0 Å². The summed E-state index contributed by atoms with van der Waals surface area (Å²) >= 11 is 0. The van der Waals surface area contributed by atoms with Gasteiger partial charge in [-0.25, -0.2) is 0 Å². The fourth-order valence-electron chi connectivity index (χ4n) is 1.87. The van der Waals surface area contributed by atoms with E-state index in [2.05, 4.69) is 23.5 Å². The van der Waals surface area contributed by atoms with Crippen molar-refractivity contribution in [2.45, 2.75) is 45.8 Å². The van der Waals surface area contributed by atoms with Crippen LogP contribution in [-0.4, -0.2) is 27.5 Å². The minimum Gasteiger partial charge on any atom is -0.393 e. The van der Waals surface area contributed by atoms with E-state index in [0.717, 1.165) is 25.1 Å². The van der Waals surface area contributed by atoms with E-state index in [1.165, 1.54) is 5.56 Å². The summed E-state index contributed by atoms with van der Waals surface area (Å²) in [7, 11) is 1.94. The third kappa shape index (κ3) is 3.94. The van der Waals surface area contributed by atoms with E-state index in [9.17, 15) is 0 Å². The lowest BCUT2D eigenvalue weighted by molar-refractivity contribution is 0.181. The Hall–Kier alpha value is -0.870. The summed E-state index contributed by atoms with van der Waals surface area (Å²) in [6, 6.07) is 0.322. The molecule has 0 amide bonds. The number of aliphatic hydroxyl groups is 1. The van der Waals surface area contributed by atoms with Crippen molar-refractivity contribution < 1.29 is 5.11 Å². The van der Waals surface area contributed by atoms with Crippen molar-refractivity contribution in [1.82, 2.24) is 15.1 Å². The zero-order valence-electron chi connectivity index (χ0n) is 10.7. The molecule has 4 nitrogen and oxygen atoms in total. The van der Waals surface area contributed by atoms with Crippen LogP contribution in [0.4, 0.5) is 0 Å². The van der Waals surface area contributed by atoms with Crippen LogP contribution in [0.2, 0.25) is 0 Å². The normalized spacial score (nSPS) is 15.1. The highest BCUT2D eigenvalue weighted by molar-refractivity contribution is 5.19. The van der Waals surface area contributed by atoms with Gasteiger partial charge in [-0.05, 0) is 40.2 Å². The molecule has 0 aliphatic heterocycles. The van der Waals surface area contributed by atoms with Gasteiger partial charge in [0.25, 0.3) is 0 Å². The van der Waals surface area contributed by atoms with E-state index in [-0.39, 0.29) is 6.10 Å². The summed E-state index contributed by atoms with van der Waals surface area (Å²) in [6.07, 6.45) is 3.71. The molecule has 1 aromatic heterocycles. The molecule has 0 radical (unpaired) electrons. The van der Waals surface area contributed by atoms with Crippen molar-refractivity contribution in [3.63, 3.8) is 0 Å². The first-order valence-electron chi connectivity index (χ1n) is 5.92. The molecule has 0 spiro atoms. The van der Waals surface area contributed by atoms with E-state index in [1.54, 1.807) is 0 Å². The van der Waals surface area contributed by atoms with Crippen LogP contribution in [0.25, 0.3) is 0 Å². The Bertz CT molecular complexity index is 320. The number of aromatic nitrogens is 2. The Kier molecular flexibility index (Phi) is 4.96. The smallest absolute Gasteiger partial charge is 0.0641 e. The van der Waals surface area contributed by atoms with Gasteiger partial charge in [-0.15, -0.1) is 0 Å². The number of hydrogen-bond donors (Lipinski definition) is 2. The Balaban J connectivity index is 2.35. The maximum atomic E-state index is 9.14. The second kappa shape index (κ2) is 6.01. The second-order valence-corrected chi connectivity index (χ2v) is 4.51. The Labute approximate surface area is 97.7 Å². The molecule has 0 saturated heterocycles. The van der Waals surface area contributed by atoms with Crippen LogP contribution in [0.15, 0.2) is 6.20 Å². The molecule has 0 aliphatic carbocycles. The summed E-state index contributed by atoms with van der Waals surface area (Å²) in [5, 5.41) is 16.9. The molecule has 4 heteroatoms. The molecule has 1 rings (SSSR count). The molecule has 1 heterocycles. The van der Waals surface area contributed by atoms with Crippen LogP contribution in [0.3, 0.4) is 0 Å². The van der Waals surface area contributed by atoms with E-state index in [1.807, 2.05) is 25.6 Å². The number of nitrogens with zero attached hydrogens (tertiary/aromatic N) is 2. The number of hydrogen-bond acceptors (Lipinski definition) is 3. The summed E-state index contributed by atoms with van der Waals surface area (Å²) in [5.74, 6) is 0. The van der Waals surface area contributed by atoms with Crippen molar-refractivity contribution in [1.29, 1.82) is 0 Å². The van der Waals surface area contributed by atoms with Gasteiger partial charge < -0.3 is 10.4 Å². The van der Waals surface area contributed by atoms with E-state index >= 15 is 0 Å². The van der Waals surface area contributed by atoms with Gasteiger partial charge >= 0.3 is 0 Å². The zero-order valence-corrected chi connectivity index (χ0v) is 10.7. The number of nitrogens with one attached hydrogen (secondary N) is 1. The minimum atomic E-state index is -0.197. The molecule has 2 unspecified atom stereocenters. The lowest BCUT2D eigenvalue weighted by atomic mass is 10.1. The van der Waals surface area contributed by atoms with Gasteiger partial charge in [0.05, 0.1) is 11.8 Å². The molecule has 2 N–H and O–H groups in total. The van der Waals surface area contributed by atoms with Crippen molar-refractivity contribution in [2.75, 3.05) is 6.54 Å². The third-order valence-electron chi connectivity index (χ3n) is 2.77. The van der Waals surface area contributed by atoms with Gasteiger partial charge in [-0.2, -0.15) is 5.10 Å². The maximum Gasteiger partial charge on any atom is 0.0641 e. The molecule has 0 fully saturated rings. The molecular weight excluding hydrogens is 202 g/mol. The van der Waals surface area contributed by atoms with Crippen LogP contribution >= 0.6 is 0 Å². The lowest BCUT2D eigenvalue weighted by Crippen LogP contribution is -2.21. The summed E-state index contributed by atoms with van der Waals surface area (Å²) in [4.78, 5) is 0. The van der Waals surface area contributed by atoms with Crippen molar-refractivity contribution in [3.05, 3.63) is 17.5 Å². The van der Waals surface area contributed by atoms with Crippen LogP contribution in [-0.2, 0) is 7.05 Å². The molecule has 2 atom stereocenters. The topological polar surface area (TPSA) is 50.1 Å². The Morgan fingerprint density at radius 1 is 1.50 bits per heavy atom. The average Bonchev–Trinajstić information content (AvgIpc) is 2.52. The van der Waals surface area contributed by atoms with Crippen LogP contribution in [0.5, 0.6) is 0 Å². The van der Waals surface area contributed by atoms with Crippen molar-refractivity contribution >= 4 is 0 Å². The molecule has 0 aromatic carbocycles. The Morgan fingerprint density at radius 2 is 2.19 bits per heavy atom. The number of rotatable bonds is 6. The van der Waals surface area contributed by atoms with Gasteiger partial charge in [-0.3, -0.25) is 4.68 Å². The minimum absolute atomic E-state index is 0.197. The van der Waals surface area contributed by atoms with Gasteiger partial charge in [0.1, 0.15) is 0 Å². The van der Waals surface area contributed by atoms with Crippen LogP contribution < -0.4 is 5.32 Å². The molecule has 0 saturated carbocycles. The Morgan fingerprint density at radius 3 is 2.69 bits per heavy atom. The predicted molar refractivity (Wildman–Crippen MR) is 65.3 cm³/mol. The van der Waals surface area contributed by atoms with Crippen LogP contribution in [0.1, 0.15) is 44.0 Å². The van der Waals surface area contributed by atoms with Crippen molar-refractivity contribution in [3.8, 4) is 0 Å². The fraction of sp³-hybridized carbons (Fsp3) is 0.750. The first kappa shape index (κ1) is 13.2. The van der Waals surface area contributed by atoms with E-state index in [0.29, 0.717) is 6.04 Å². The standard InChI is InChI=1S/C12H23N3O/c1-9(16)6-5-7-13-10(2)12-8-15(4)14-11(12)3/h8-10,13,16H,5-7H2,1-4H3. The zero-order chi connectivity index (χ0) is 12.1. The third-order valence-corrected chi connectivity index (χ3v) is 2.77. The number of aryl methyl sites for hydroxylation is 2. The van der Waals surface area contributed by atoms with Gasteiger partial charge in [0, 0.05) is 24.8 Å². The molecule has 92 valence electrons. The highest BCUT2D eigenvalue weighted by Crippen LogP contribution is 2.15. The fourth-order valence-corrected chi connectivity index (χ4v) is 1.87. The molecule has 1 aromatic rings. The SMILES string of the molecule is Cc1nn(C)cc1C(C)NCCCC(C)O. The van der Waals surface area contributed by atoms with E-state index in [4.69, 9.17) is 5.11 Å². The quantitative estimate of drug-likeness (QED) is 0.722. The first-order valence-corrected chi connectivity index (χ1v) is 5.92. The molecule has 0 aliphatic rings. The average molecular weight is 225 g/mol. The molecule has 0 bridgehead atoms. The van der Waals surface area contributed by atoms with Gasteiger partial charge in [-0.1, -0.05) is 0 Å². The largest absolute Gasteiger partial charge is 0.393 e. The highest BCUT2D eigenvalue weighted by atomic mass is 16.3. The van der Waals surface area contributed by atoms with Gasteiger partial charge in [0.15, 0.2) is 0 Å². The summed E-state index contributed by atoms with van der Waals surface area (Å²) < 4.78 is 1.85. The first-order chi connectivity index (χ1) is 7.50. The lowest BCUT2D eigenvalue weighted by Gasteiger charge is -2.13. The number of aliphatic hydroxyl groups excluding tert-OH is 1. The predicted octanol–water partition coefficient (Wildman–Crippen LogP) is 1.54. The highest BCUT2D eigenvalue weighted by Gasteiger charge is 2.10. The maximum absolute atomic E-state index is 9.14. The van der Waals surface area contributed by atoms with Crippen molar-refractivity contribution in [2.24, 2.45) is 7.05 Å². The molecule has 16 heavy (non-hydrogen) atoms. The summed E-state index contributed by atoms with van der Waals surface area (Å²) in [5.41, 5.74) is 2.33. The van der Waals surface area contributed by atoms with Crippen LogP contribution in [0, 0.1) is 6.92 Å². The summed E-state index contributed by atoms with van der Waals surface area (Å²) in [6.45, 7) is 6.94. The monoisotopic (exact) mass is 225 g/mol. The molecular formula is C12H23N3O. The second-order valence-electron chi connectivity index (χ2n) is 4.51. The van der Waals surface area contributed by atoms with E-state index < -0.39 is 0 Å².